The SMILES string of the molecule is Cl.O=C(CCC1CCNCC1)NCCc1cccc(Cl)c1. The number of hydrogen-bond donors (Lipinski definition) is 2. The Kier molecular flexibility index (Phi) is 8.74. The van der Waals surface area contributed by atoms with E-state index in [2.05, 4.69) is 10.6 Å². The van der Waals surface area contributed by atoms with Crippen molar-refractivity contribution in [3.05, 3.63) is 34.9 Å². The van der Waals surface area contributed by atoms with Crippen molar-refractivity contribution >= 4 is 29.9 Å². The molecule has 0 bridgehead atoms. The van der Waals surface area contributed by atoms with Crippen LogP contribution in [-0.4, -0.2) is 25.5 Å². The maximum Gasteiger partial charge on any atom is 0.220 e. The maximum atomic E-state index is 11.8. The monoisotopic (exact) mass is 330 g/mol. The van der Waals surface area contributed by atoms with Crippen molar-refractivity contribution in [2.24, 2.45) is 5.92 Å². The van der Waals surface area contributed by atoms with Gasteiger partial charge in [-0.05, 0) is 62.4 Å². The van der Waals surface area contributed by atoms with Crippen molar-refractivity contribution in [3.8, 4) is 0 Å². The molecule has 0 spiro atoms. The second kappa shape index (κ2) is 10.0. The van der Waals surface area contributed by atoms with E-state index in [1.54, 1.807) is 0 Å². The van der Waals surface area contributed by atoms with Gasteiger partial charge in [0.1, 0.15) is 0 Å². The highest BCUT2D eigenvalue weighted by atomic mass is 35.5. The van der Waals surface area contributed by atoms with Gasteiger partial charge in [0.15, 0.2) is 0 Å². The van der Waals surface area contributed by atoms with Crippen molar-refractivity contribution < 1.29 is 4.79 Å². The molecule has 1 fully saturated rings. The predicted octanol–water partition coefficient (Wildman–Crippen LogP) is 3.20. The number of halogens is 2. The molecule has 1 amide bonds. The van der Waals surface area contributed by atoms with Gasteiger partial charge in [0.05, 0.1) is 0 Å². The highest BCUT2D eigenvalue weighted by Gasteiger charge is 2.14. The maximum absolute atomic E-state index is 11.8. The standard InChI is InChI=1S/C16H23ClN2O.ClH/c17-15-3-1-2-14(12-15)8-11-19-16(20)5-4-13-6-9-18-10-7-13;/h1-3,12-13,18H,4-11H2,(H,19,20);1H. The third kappa shape index (κ3) is 7.16. The molecule has 1 saturated heterocycles. The first kappa shape index (κ1) is 18.3. The summed E-state index contributed by atoms with van der Waals surface area (Å²) in [6.07, 6.45) is 4.91. The molecular weight excluding hydrogens is 307 g/mol. The zero-order valence-corrected chi connectivity index (χ0v) is 13.8. The summed E-state index contributed by atoms with van der Waals surface area (Å²) in [6, 6.07) is 7.79. The summed E-state index contributed by atoms with van der Waals surface area (Å²) >= 11 is 5.93. The molecule has 0 saturated carbocycles. The highest BCUT2D eigenvalue weighted by molar-refractivity contribution is 6.30. The van der Waals surface area contributed by atoms with Gasteiger partial charge in [0.2, 0.25) is 5.91 Å². The van der Waals surface area contributed by atoms with Gasteiger partial charge in [-0.25, -0.2) is 0 Å². The number of benzene rings is 1. The first-order chi connectivity index (χ1) is 9.74. The minimum absolute atomic E-state index is 0. The summed E-state index contributed by atoms with van der Waals surface area (Å²) < 4.78 is 0. The predicted molar refractivity (Wildman–Crippen MR) is 90.2 cm³/mol. The summed E-state index contributed by atoms with van der Waals surface area (Å²) in [4.78, 5) is 11.8. The summed E-state index contributed by atoms with van der Waals surface area (Å²) in [5.41, 5.74) is 1.16. The van der Waals surface area contributed by atoms with Crippen LogP contribution in [0.25, 0.3) is 0 Å². The molecule has 0 radical (unpaired) electrons. The van der Waals surface area contributed by atoms with E-state index in [1.165, 1.54) is 12.8 Å². The molecular formula is C16H24Cl2N2O. The van der Waals surface area contributed by atoms with Gasteiger partial charge in [-0.1, -0.05) is 23.7 Å². The van der Waals surface area contributed by atoms with Gasteiger partial charge in [0.25, 0.3) is 0 Å². The van der Waals surface area contributed by atoms with Gasteiger partial charge in [-0.15, -0.1) is 12.4 Å². The summed E-state index contributed by atoms with van der Waals surface area (Å²) in [7, 11) is 0. The summed E-state index contributed by atoms with van der Waals surface area (Å²) in [6.45, 7) is 2.88. The van der Waals surface area contributed by atoms with E-state index in [1.807, 2.05) is 24.3 Å². The van der Waals surface area contributed by atoms with Crippen LogP contribution in [0.2, 0.25) is 5.02 Å². The van der Waals surface area contributed by atoms with Crippen LogP contribution in [0.5, 0.6) is 0 Å². The van der Waals surface area contributed by atoms with Gasteiger partial charge in [0, 0.05) is 18.0 Å². The fraction of sp³-hybridized carbons (Fsp3) is 0.562. The van der Waals surface area contributed by atoms with E-state index in [9.17, 15) is 4.79 Å². The van der Waals surface area contributed by atoms with Gasteiger partial charge in [-0.3, -0.25) is 4.79 Å². The minimum Gasteiger partial charge on any atom is -0.356 e. The van der Waals surface area contributed by atoms with Crippen LogP contribution in [0.15, 0.2) is 24.3 Å². The molecule has 5 heteroatoms. The Morgan fingerprint density at radius 2 is 2.10 bits per heavy atom. The summed E-state index contributed by atoms with van der Waals surface area (Å²) in [5.74, 6) is 0.889. The van der Waals surface area contributed by atoms with Gasteiger partial charge in [-0.2, -0.15) is 0 Å². The molecule has 0 unspecified atom stereocenters. The number of carbonyl (C=O) groups excluding carboxylic acids is 1. The third-order valence-electron chi connectivity index (χ3n) is 3.86. The lowest BCUT2D eigenvalue weighted by Crippen LogP contribution is -2.30. The molecule has 0 aliphatic carbocycles. The second-order valence-electron chi connectivity index (χ2n) is 5.46. The van der Waals surface area contributed by atoms with Crippen LogP contribution in [0.4, 0.5) is 0 Å². The molecule has 3 nitrogen and oxygen atoms in total. The molecule has 0 aromatic heterocycles. The zero-order valence-electron chi connectivity index (χ0n) is 12.2. The Morgan fingerprint density at radius 3 is 2.81 bits per heavy atom. The first-order valence-corrected chi connectivity index (χ1v) is 7.83. The van der Waals surface area contributed by atoms with E-state index < -0.39 is 0 Å². The lowest BCUT2D eigenvalue weighted by Gasteiger charge is -2.22. The van der Waals surface area contributed by atoms with Crippen molar-refractivity contribution in [3.63, 3.8) is 0 Å². The number of piperidine rings is 1. The quantitative estimate of drug-likeness (QED) is 0.840. The number of hydrogen-bond acceptors (Lipinski definition) is 2. The van der Waals surface area contributed by atoms with Crippen LogP contribution in [0, 0.1) is 5.92 Å². The van der Waals surface area contributed by atoms with Crippen LogP contribution in [-0.2, 0) is 11.2 Å². The van der Waals surface area contributed by atoms with Crippen LogP contribution < -0.4 is 10.6 Å². The number of rotatable bonds is 6. The molecule has 1 aliphatic heterocycles. The molecule has 1 aromatic carbocycles. The lowest BCUT2D eigenvalue weighted by atomic mass is 9.93. The van der Waals surface area contributed by atoms with Gasteiger partial charge < -0.3 is 10.6 Å². The molecule has 2 N–H and O–H groups in total. The molecule has 0 atom stereocenters. The van der Waals surface area contributed by atoms with Crippen molar-refractivity contribution in [1.29, 1.82) is 0 Å². The Balaban J connectivity index is 0.00000220. The summed E-state index contributed by atoms with van der Waals surface area (Å²) in [5, 5.41) is 7.09. The van der Waals surface area contributed by atoms with Crippen molar-refractivity contribution in [1.82, 2.24) is 10.6 Å². The van der Waals surface area contributed by atoms with Crippen molar-refractivity contribution in [2.75, 3.05) is 19.6 Å². The topological polar surface area (TPSA) is 41.1 Å². The normalized spacial score (nSPS) is 15.3. The Hall–Kier alpha value is -0.770. The molecule has 2 rings (SSSR count). The highest BCUT2D eigenvalue weighted by Crippen LogP contribution is 2.17. The van der Waals surface area contributed by atoms with Crippen molar-refractivity contribution in [2.45, 2.75) is 32.1 Å². The van der Waals surface area contributed by atoms with E-state index >= 15 is 0 Å². The lowest BCUT2D eigenvalue weighted by molar-refractivity contribution is -0.121. The fourth-order valence-corrected chi connectivity index (χ4v) is 2.85. The number of carbonyl (C=O) groups is 1. The van der Waals surface area contributed by atoms with E-state index in [0.29, 0.717) is 13.0 Å². The van der Waals surface area contributed by atoms with E-state index in [4.69, 9.17) is 11.6 Å². The molecule has 1 aliphatic rings. The number of amides is 1. The smallest absolute Gasteiger partial charge is 0.220 e. The molecule has 1 heterocycles. The third-order valence-corrected chi connectivity index (χ3v) is 4.10. The second-order valence-corrected chi connectivity index (χ2v) is 5.90. The number of nitrogens with one attached hydrogen (secondary N) is 2. The average Bonchev–Trinajstić information content (AvgIpc) is 2.46. The van der Waals surface area contributed by atoms with Crippen LogP contribution in [0.1, 0.15) is 31.2 Å². The van der Waals surface area contributed by atoms with Crippen LogP contribution in [0.3, 0.4) is 0 Å². The van der Waals surface area contributed by atoms with E-state index in [-0.39, 0.29) is 18.3 Å². The Labute approximate surface area is 138 Å². The average molecular weight is 331 g/mol. The Morgan fingerprint density at radius 1 is 1.33 bits per heavy atom. The zero-order chi connectivity index (χ0) is 14.2. The fourth-order valence-electron chi connectivity index (χ4n) is 2.63. The minimum atomic E-state index is 0. The van der Waals surface area contributed by atoms with E-state index in [0.717, 1.165) is 42.4 Å². The molecule has 1 aromatic rings. The van der Waals surface area contributed by atoms with Crippen LogP contribution >= 0.6 is 24.0 Å². The van der Waals surface area contributed by atoms with Gasteiger partial charge >= 0.3 is 0 Å². The molecule has 21 heavy (non-hydrogen) atoms. The first-order valence-electron chi connectivity index (χ1n) is 7.46. The Bertz CT molecular complexity index is 434. The molecule has 118 valence electrons. The largest absolute Gasteiger partial charge is 0.356 e.